The summed E-state index contributed by atoms with van der Waals surface area (Å²) in [5.74, 6) is -3.50. The monoisotopic (exact) mass is 252 g/mol. The molecule has 1 atom stereocenters. The molecule has 0 amide bonds. The van der Waals surface area contributed by atoms with E-state index in [4.69, 9.17) is 5.26 Å². The van der Waals surface area contributed by atoms with Gasteiger partial charge in [-0.25, -0.2) is 0 Å². The molecule has 1 aromatic rings. The van der Waals surface area contributed by atoms with E-state index in [0.717, 1.165) is 12.1 Å². The van der Waals surface area contributed by atoms with Gasteiger partial charge in [0.05, 0.1) is 11.6 Å². The lowest BCUT2D eigenvalue weighted by Gasteiger charge is -2.29. The van der Waals surface area contributed by atoms with Crippen molar-refractivity contribution in [3.8, 4) is 6.07 Å². The second-order valence-corrected chi connectivity index (χ2v) is 3.38. The Labute approximate surface area is 92.7 Å². The number of alkyl halides is 3. The molecule has 92 valence electrons. The van der Waals surface area contributed by atoms with E-state index in [2.05, 4.69) is 0 Å². The molecule has 0 saturated carbocycles. The van der Waals surface area contributed by atoms with Crippen LogP contribution < -0.4 is 0 Å². The molecule has 0 heterocycles. The van der Waals surface area contributed by atoms with Crippen LogP contribution in [0.25, 0.3) is 0 Å². The zero-order valence-corrected chi connectivity index (χ0v) is 8.18. The van der Waals surface area contributed by atoms with Crippen LogP contribution in [0.15, 0.2) is 24.3 Å². The molecule has 1 unspecified atom stereocenters. The third kappa shape index (κ3) is 3.15. The van der Waals surface area contributed by atoms with E-state index in [0.29, 0.717) is 12.1 Å². The molecule has 0 aliphatic carbocycles. The Kier molecular flexibility index (Phi) is 3.41. The van der Waals surface area contributed by atoms with Crippen molar-refractivity contribution in [3.05, 3.63) is 35.4 Å². The highest BCUT2D eigenvalue weighted by Gasteiger charge is 2.52. The fraction of sp³-hybridized carbons (Fsp3) is 0.222. The van der Waals surface area contributed by atoms with E-state index in [-0.39, 0.29) is 5.56 Å². The Morgan fingerprint density at radius 1 is 1.18 bits per heavy atom. The first-order valence-electron chi connectivity index (χ1n) is 4.43. The molecule has 0 N–H and O–H groups in total. The van der Waals surface area contributed by atoms with Crippen molar-refractivity contribution in [1.29, 1.82) is 5.26 Å². The molecule has 0 saturated heterocycles. The van der Waals surface area contributed by atoms with Gasteiger partial charge in [-0.2, -0.15) is 18.4 Å². The molecule has 0 spiro atoms. The third-order valence-corrected chi connectivity index (χ3v) is 2.11. The number of hydrogen-bond acceptors (Lipinski definition) is 1. The first kappa shape index (κ1) is 13.4. The molecular weight excluding hydrogens is 247 g/mol. The summed E-state index contributed by atoms with van der Waals surface area (Å²) in [4.78, 5) is 0. The molecule has 0 aliphatic rings. The van der Waals surface area contributed by atoms with Gasteiger partial charge in [0.2, 0.25) is 0 Å². The maximum Gasteiger partial charge on any atom is 0.494 e. The van der Waals surface area contributed by atoms with Crippen molar-refractivity contribution in [1.82, 2.24) is 0 Å². The van der Waals surface area contributed by atoms with Gasteiger partial charge in [0, 0.05) is 5.82 Å². The van der Waals surface area contributed by atoms with Crippen molar-refractivity contribution >= 4 is 6.98 Å². The molecule has 17 heavy (non-hydrogen) atoms. The molecule has 8 heteroatoms. The Morgan fingerprint density at radius 2 is 1.76 bits per heavy atom. The molecular formula is C9H5BF6N-. The fourth-order valence-electron chi connectivity index (χ4n) is 1.42. The summed E-state index contributed by atoms with van der Waals surface area (Å²) < 4.78 is 74.2. The quantitative estimate of drug-likeness (QED) is 0.582. The smallest absolute Gasteiger partial charge is 0.448 e. The third-order valence-electron chi connectivity index (χ3n) is 2.11. The summed E-state index contributed by atoms with van der Waals surface area (Å²) in [7, 11) is 0. The van der Waals surface area contributed by atoms with Crippen molar-refractivity contribution in [2.75, 3.05) is 0 Å². The van der Waals surface area contributed by atoms with E-state index in [1.54, 1.807) is 0 Å². The van der Waals surface area contributed by atoms with E-state index in [1.807, 2.05) is 0 Å². The van der Waals surface area contributed by atoms with Crippen LogP contribution in [-0.2, 0) is 0 Å². The van der Waals surface area contributed by atoms with Crippen molar-refractivity contribution in [2.24, 2.45) is 0 Å². The SMILES string of the molecule is N#Cc1cccc(C([B-](F)(F)F)C(F)(F)F)c1. The van der Waals surface area contributed by atoms with E-state index in [9.17, 15) is 26.1 Å². The molecule has 0 aliphatic heterocycles. The predicted octanol–water partition coefficient (Wildman–Crippen LogP) is 3.59. The number of halogens is 6. The first-order valence-corrected chi connectivity index (χ1v) is 4.43. The molecule has 0 fully saturated rings. The summed E-state index contributed by atoms with van der Waals surface area (Å²) in [5.41, 5.74) is -1.19. The Morgan fingerprint density at radius 3 is 2.18 bits per heavy atom. The molecule has 0 aromatic heterocycles. The minimum absolute atomic E-state index is 0.239. The van der Waals surface area contributed by atoms with Crippen LogP contribution in [0.4, 0.5) is 26.1 Å². The van der Waals surface area contributed by atoms with Crippen LogP contribution in [0, 0.1) is 11.3 Å². The Bertz CT molecular complexity index is 430. The highest BCUT2D eigenvalue weighted by atomic mass is 19.4. The predicted molar refractivity (Wildman–Crippen MR) is 49.0 cm³/mol. The van der Waals surface area contributed by atoms with E-state index >= 15 is 0 Å². The lowest BCUT2D eigenvalue weighted by Crippen LogP contribution is -2.38. The van der Waals surface area contributed by atoms with Crippen LogP contribution in [-0.4, -0.2) is 13.2 Å². The molecule has 1 rings (SSSR count). The summed E-state index contributed by atoms with van der Waals surface area (Å²) >= 11 is 0. The molecule has 1 aromatic carbocycles. The number of nitrogens with zero attached hydrogens (tertiary/aromatic N) is 1. The van der Waals surface area contributed by atoms with E-state index in [1.165, 1.54) is 6.07 Å². The van der Waals surface area contributed by atoms with Gasteiger partial charge in [-0.1, -0.05) is 17.7 Å². The van der Waals surface area contributed by atoms with Crippen LogP contribution >= 0.6 is 0 Å². The van der Waals surface area contributed by atoms with Gasteiger partial charge in [-0.3, -0.25) is 0 Å². The normalized spacial score (nSPS) is 14.2. The van der Waals surface area contributed by atoms with Gasteiger partial charge in [-0.05, 0) is 12.1 Å². The second kappa shape index (κ2) is 4.32. The van der Waals surface area contributed by atoms with Gasteiger partial charge in [0.15, 0.2) is 0 Å². The highest BCUT2D eigenvalue weighted by Crippen LogP contribution is 2.43. The number of rotatable bonds is 2. The minimum Gasteiger partial charge on any atom is -0.448 e. The lowest BCUT2D eigenvalue weighted by molar-refractivity contribution is -0.139. The highest BCUT2D eigenvalue weighted by molar-refractivity contribution is 6.60. The average Bonchev–Trinajstić information content (AvgIpc) is 2.13. The second-order valence-electron chi connectivity index (χ2n) is 3.38. The van der Waals surface area contributed by atoms with Crippen LogP contribution in [0.2, 0.25) is 0 Å². The molecule has 1 nitrogen and oxygen atoms in total. The fourth-order valence-corrected chi connectivity index (χ4v) is 1.42. The van der Waals surface area contributed by atoms with Crippen molar-refractivity contribution in [2.45, 2.75) is 12.0 Å². The Hall–Kier alpha value is -1.65. The summed E-state index contributed by atoms with van der Waals surface area (Å²) in [6, 6.07) is 4.95. The lowest BCUT2D eigenvalue weighted by atomic mass is 9.68. The van der Waals surface area contributed by atoms with E-state index < -0.39 is 24.5 Å². The number of benzene rings is 1. The van der Waals surface area contributed by atoms with Crippen molar-refractivity contribution in [3.63, 3.8) is 0 Å². The topological polar surface area (TPSA) is 23.8 Å². The molecule has 0 bridgehead atoms. The first-order chi connectivity index (χ1) is 7.66. The number of hydrogen-bond donors (Lipinski definition) is 0. The van der Waals surface area contributed by atoms with Crippen LogP contribution in [0.3, 0.4) is 0 Å². The van der Waals surface area contributed by atoms with Gasteiger partial charge in [-0.15, -0.1) is 0 Å². The van der Waals surface area contributed by atoms with Gasteiger partial charge in [0.1, 0.15) is 0 Å². The van der Waals surface area contributed by atoms with Crippen LogP contribution in [0.5, 0.6) is 0 Å². The summed E-state index contributed by atoms with van der Waals surface area (Å²) in [6.07, 6.45) is -5.41. The zero-order valence-electron chi connectivity index (χ0n) is 8.18. The maximum atomic E-state index is 12.4. The minimum atomic E-state index is -6.11. The van der Waals surface area contributed by atoms with Crippen molar-refractivity contribution < 1.29 is 26.1 Å². The van der Waals surface area contributed by atoms with Gasteiger partial charge >= 0.3 is 13.2 Å². The van der Waals surface area contributed by atoms with Crippen LogP contribution in [0.1, 0.15) is 16.9 Å². The largest absolute Gasteiger partial charge is 0.494 e. The standard InChI is InChI=1S/C9H5BF6N/c11-9(12,13)8(10(14,15)16)7-3-1-2-6(4-7)5-17/h1-4,8H/q-1. The zero-order chi connectivity index (χ0) is 13.3. The van der Waals surface area contributed by atoms with Gasteiger partial charge < -0.3 is 12.9 Å². The summed E-state index contributed by atoms with van der Waals surface area (Å²) in [5, 5.41) is 8.44. The average molecular weight is 252 g/mol. The van der Waals surface area contributed by atoms with Gasteiger partial charge in [0.25, 0.3) is 0 Å². The summed E-state index contributed by atoms with van der Waals surface area (Å²) in [6.45, 7) is -6.11. The maximum absolute atomic E-state index is 12.4. The number of nitriles is 1. The Balaban J connectivity index is 3.29. The molecule has 0 radical (unpaired) electrons.